The molecular formula is C6H12O2. The van der Waals surface area contributed by atoms with Crippen LogP contribution >= 0.6 is 0 Å². The normalized spacial score (nSPS) is 19.6. The van der Waals surface area contributed by atoms with Crippen molar-refractivity contribution in [3.63, 3.8) is 0 Å². The topological polar surface area (TPSA) is 37.3 Å². The summed E-state index contributed by atoms with van der Waals surface area (Å²) in [5.41, 5.74) is 0. The molecule has 1 aliphatic rings. The molecule has 1 saturated carbocycles. The van der Waals surface area contributed by atoms with Crippen LogP contribution in [0.2, 0.25) is 0 Å². The van der Waals surface area contributed by atoms with Crippen molar-refractivity contribution in [2.24, 2.45) is 0 Å². The highest BCUT2D eigenvalue weighted by Gasteiger charge is 2.09. The number of hydrogen-bond acceptors (Lipinski definition) is 2. The van der Waals surface area contributed by atoms with E-state index in [-0.39, 0.29) is 6.10 Å². The van der Waals surface area contributed by atoms with Crippen LogP contribution in [-0.4, -0.2) is 18.0 Å². The van der Waals surface area contributed by atoms with Crippen LogP contribution in [0.1, 0.15) is 25.7 Å². The highest BCUT2D eigenvalue weighted by atomic mass is 16.3. The largest absolute Gasteiger partial charge is 0.393 e. The number of rotatable bonds is 0. The van der Waals surface area contributed by atoms with Gasteiger partial charge in [0.1, 0.15) is 6.79 Å². The number of carbonyl (C=O) groups excluding carboxylic acids is 1. The molecule has 0 aromatic carbocycles. The first kappa shape index (κ1) is 7.63. The zero-order chi connectivity index (χ0) is 6.41. The number of carbonyl (C=O) groups is 1. The van der Waals surface area contributed by atoms with Crippen LogP contribution in [0.25, 0.3) is 0 Å². The maximum absolute atomic E-state index is 8.73. The van der Waals surface area contributed by atoms with Gasteiger partial charge in [-0.1, -0.05) is 12.8 Å². The lowest BCUT2D eigenvalue weighted by molar-refractivity contribution is -0.0979. The molecule has 0 saturated heterocycles. The number of hydrogen-bond donors (Lipinski definition) is 1. The molecular weight excluding hydrogens is 104 g/mol. The molecule has 1 rings (SSSR count). The van der Waals surface area contributed by atoms with E-state index in [0.717, 1.165) is 12.8 Å². The molecule has 0 aliphatic heterocycles. The molecule has 0 unspecified atom stereocenters. The summed E-state index contributed by atoms with van der Waals surface area (Å²) in [6.45, 7) is 2.00. The molecule has 0 spiro atoms. The van der Waals surface area contributed by atoms with Crippen LogP contribution in [-0.2, 0) is 4.79 Å². The Labute approximate surface area is 49.5 Å². The highest BCUT2D eigenvalue weighted by Crippen LogP contribution is 2.16. The SMILES string of the molecule is C=O.OC1CCCC1. The van der Waals surface area contributed by atoms with E-state index in [1.54, 1.807) is 0 Å². The summed E-state index contributed by atoms with van der Waals surface area (Å²) in [6.07, 6.45) is 4.60. The molecule has 0 amide bonds. The average molecular weight is 116 g/mol. The zero-order valence-corrected chi connectivity index (χ0v) is 4.97. The third-order valence-electron chi connectivity index (χ3n) is 1.32. The van der Waals surface area contributed by atoms with Gasteiger partial charge in [-0.2, -0.15) is 0 Å². The molecule has 1 fully saturated rings. The first-order valence-electron chi connectivity index (χ1n) is 2.86. The summed E-state index contributed by atoms with van der Waals surface area (Å²) in [5, 5.41) is 8.73. The second-order valence-corrected chi connectivity index (χ2v) is 1.94. The van der Waals surface area contributed by atoms with Gasteiger partial charge in [-0.05, 0) is 12.8 Å². The quantitative estimate of drug-likeness (QED) is 0.506. The Morgan fingerprint density at radius 1 is 1.25 bits per heavy atom. The minimum absolute atomic E-state index is 0.0463. The fourth-order valence-electron chi connectivity index (χ4n) is 0.904. The fraction of sp³-hybridized carbons (Fsp3) is 0.833. The van der Waals surface area contributed by atoms with Crippen LogP contribution in [0.5, 0.6) is 0 Å². The number of aliphatic hydroxyl groups excluding tert-OH is 1. The van der Waals surface area contributed by atoms with E-state index in [4.69, 9.17) is 9.90 Å². The van der Waals surface area contributed by atoms with Crippen molar-refractivity contribution in [2.75, 3.05) is 0 Å². The van der Waals surface area contributed by atoms with Gasteiger partial charge >= 0.3 is 0 Å². The lowest BCUT2D eigenvalue weighted by Crippen LogP contribution is -1.94. The maximum Gasteiger partial charge on any atom is 0.106 e. The minimum Gasteiger partial charge on any atom is -0.393 e. The van der Waals surface area contributed by atoms with Crippen LogP contribution in [0.3, 0.4) is 0 Å². The molecule has 0 aromatic heterocycles. The smallest absolute Gasteiger partial charge is 0.106 e. The van der Waals surface area contributed by atoms with Crippen molar-refractivity contribution in [1.29, 1.82) is 0 Å². The second-order valence-electron chi connectivity index (χ2n) is 1.94. The minimum atomic E-state index is 0.0463. The van der Waals surface area contributed by atoms with Gasteiger partial charge < -0.3 is 9.90 Å². The summed E-state index contributed by atoms with van der Waals surface area (Å²) >= 11 is 0. The lowest BCUT2D eigenvalue weighted by Gasteiger charge is -1.91. The molecule has 1 aliphatic carbocycles. The van der Waals surface area contributed by atoms with E-state index in [1.807, 2.05) is 6.79 Å². The van der Waals surface area contributed by atoms with Crippen molar-refractivity contribution in [3.05, 3.63) is 0 Å². The summed E-state index contributed by atoms with van der Waals surface area (Å²) in [6, 6.07) is 0. The molecule has 0 heterocycles. The van der Waals surface area contributed by atoms with E-state index >= 15 is 0 Å². The van der Waals surface area contributed by atoms with Crippen LogP contribution in [0.15, 0.2) is 0 Å². The van der Waals surface area contributed by atoms with Gasteiger partial charge in [-0.25, -0.2) is 0 Å². The second kappa shape index (κ2) is 4.78. The van der Waals surface area contributed by atoms with Gasteiger partial charge in [-0.15, -0.1) is 0 Å². The van der Waals surface area contributed by atoms with E-state index < -0.39 is 0 Å². The third-order valence-corrected chi connectivity index (χ3v) is 1.32. The lowest BCUT2D eigenvalue weighted by atomic mass is 10.3. The van der Waals surface area contributed by atoms with E-state index in [1.165, 1.54) is 12.8 Å². The van der Waals surface area contributed by atoms with Crippen molar-refractivity contribution in [1.82, 2.24) is 0 Å². The maximum atomic E-state index is 8.73. The van der Waals surface area contributed by atoms with Gasteiger partial charge in [-0.3, -0.25) is 0 Å². The predicted octanol–water partition coefficient (Wildman–Crippen LogP) is 0.736. The summed E-state index contributed by atoms with van der Waals surface area (Å²) in [4.78, 5) is 8.00. The van der Waals surface area contributed by atoms with Gasteiger partial charge in [0.15, 0.2) is 0 Å². The van der Waals surface area contributed by atoms with Gasteiger partial charge in [0.25, 0.3) is 0 Å². The summed E-state index contributed by atoms with van der Waals surface area (Å²) in [5.74, 6) is 0. The predicted molar refractivity (Wildman–Crippen MR) is 31.6 cm³/mol. The van der Waals surface area contributed by atoms with Gasteiger partial charge in [0.2, 0.25) is 0 Å². The fourth-order valence-corrected chi connectivity index (χ4v) is 0.904. The Hall–Kier alpha value is -0.370. The molecule has 2 heteroatoms. The Morgan fingerprint density at radius 3 is 1.75 bits per heavy atom. The van der Waals surface area contributed by atoms with E-state index in [0.29, 0.717) is 0 Å². The van der Waals surface area contributed by atoms with Gasteiger partial charge in [0.05, 0.1) is 6.10 Å². The molecule has 8 heavy (non-hydrogen) atoms. The van der Waals surface area contributed by atoms with Crippen molar-refractivity contribution < 1.29 is 9.90 Å². The van der Waals surface area contributed by atoms with Crippen molar-refractivity contribution in [2.45, 2.75) is 31.8 Å². The molecule has 2 nitrogen and oxygen atoms in total. The number of aliphatic hydroxyl groups is 1. The Bertz CT molecular complexity index is 48.5. The Kier molecular flexibility index (Phi) is 4.56. The first-order chi connectivity index (χ1) is 3.89. The Balaban J connectivity index is 0.000000222. The van der Waals surface area contributed by atoms with Gasteiger partial charge in [0, 0.05) is 0 Å². The molecule has 48 valence electrons. The van der Waals surface area contributed by atoms with Crippen LogP contribution in [0.4, 0.5) is 0 Å². The van der Waals surface area contributed by atoms with E-state index in [2.05, 4.69) is 0 Å². The molecule has 0 atom stereocenters. The monoisotopic (exact) mass is 116 g/mol. The molecule has 0 bridgehead atoms. The van der Waals surface area contributed by atoms with Crippen LogP contribution < -0.4 is 0 Å². The Morgan fingerprint density at radius 2 is 1.62 bits per heavy atom. The van der Waals surface area contributed by atoms with Crippen LogP contribution in [0, 0.1) is 0 Å². The highest BCUT2D eigenvalue weighted by molar-refractivity contribution is 5.10. The molecule has 0 radical (unpaired) electrons. The van der Waals surface area contributed by atoms with Crippen molar-refractivity contribution >= 4 is 6.79 Å². The molecule has 0 aromatic rings. The summed E-state index contributed by atoms with van der Waals surface area (Å²) in [7, 11) is 0. The van der Waals surface area contributed by atoms with Crippen molar-refractivity contribution in [3.8, 4) is 0 Å². The van der Waals surface area contributed by atoms with E-state index in [9.17, 15) is 0 Å². The molecule has 1 N–H and O–H groups in total. The third kappa shape index (κ3) is 2.75. The first-order valence-corrected chi connectivity index (χ1v) is 2.86. The summed E-state index contributed by atoms with van der Waals surface area (Å²) < 4.78 is 0. The zero-order valence-electron chi connectivity index (χ0n) is 4.97. The standard InChI is InChI=1S/C5H10O.CH2O/c6-5-3-1-2-4-5;1-2/h5-6H,1-4H2;1H2. The average Bonchev–Trinajstić information content (AvgIpc) is 2.24.